The summed E-state index contributed by atoms with van der Waals surface area (Å²) in [6, 6.07) is 15.6. The first-order chi connectivity index (χ1) is 14.6. The molecule has 0 aromatic heterocycles. The third-order valence-electron chi connectivity index (χ3n) is 4.59. The van der Waals surface area contributed by atoms with Crippen LogP contribution in [0.1, 0.15) is 0 Å². The number of hydrogen-bond donors (Lipinski definition) is 1. The van der Waals surface area contributed by atoms with Gasteiger partial charge in [0.1, 0.15) is 20.7 Å². The van der Waals surface area contributed by atoms with Crippen LogP contribution in [0.3, 0.4) is 0 Å². The quantitative estimate of drug-likeness (QED) is 0.249. The molecule has 0 aliphatic heterocycles. The number of fused-ring (bicyclic) bond motifs is 2. The average Bonchev–Trinajstić information content (AvgIpc) is 2.70. The Bertz CT molecular complexity index is 1600. The SMILES string of the molecule is O=S(=O)([O-])c1cc(N=Nc2c([O-])ccc3ccccc23)c(S(=O)(=O)O)c2ccccc12.[Mn+2]. The molecule has 1 N–H and O–H groups in total. The molecule has 0 bridgehead atoms. The van der Waals surface area contributed by atoms with Crippen LogP contribution in [0.5, 0.6) is 5.75 Å². The largest absolute Gasteiger partial charge is 2.00 e. The van der Waals surface area contributed by atoms with Gasteiger partial charge in [0.25, 0.3) is 10.1 Å². The van der Waals surface area contributed by atoms with Crippen LogP contribution in [0.4, 0.5) is 11.4 Å². The summed E-state index contributed by atoms with van der Waals surface area (Å²) in [5.74, 6) is -0.506. The molecule has 4 rings (SSSR count). The Morgan fingerprint density at radius 2 is 1.38 bits per heavy atom. The van der Waals surface area contributed by atoms with Gasteiger partial charge in [-0.1, -0.05) is 66.4 Å². The maximum Gasteiger partial charge on any atom is 2.00 e. The van der Waals surface area contributed by atoms with Crippen molar-refractivity contribution < 1.29 is 48.1 Å². The summed E-state index contributed by atoms with van der Waals surface area (Å²) >= 11 is 0. The van der Waals surface area contributed by atoms with Gasteiger partial charge in [0.15, 0.2) is 0 Å². The predicted octanol–water partition coefficient (Wildman–Crippen LogP) is 3.63. The van der Waals surface area contributed by atoms with Crippen LogP contribution in [-0.4, -0.2) is 25.9 Å². The van der Waals surface area contributed by atoms with Gasteiger partial charge in [-0.15, -0.1) is 5.11 Å². The Labute approximate surface area is 193 Å². The van der Waals surface area contributed by atoms with Crippen molar-refractivity contribution in [2.45, 2.75) is 9.79 Å². The molecular weight excluding hydrogens is 499 g/mol. The molecule has 0 aliphatic rings. The molecular formula is C20H12MnN2O7S2. The van der Waals surface area contributed by atoms with Crippen molar-refractivity contribution in [2.75, 3.05) is 0 Å². The Hall–Kier alpha value is -2.86. The minimum Gasteiger partial charge on any atom is -0.871 e. The molecule has 0 spiro atoms. The van der Waals surface area contributed by atoms with E-state index in [2.05, 4.69) is 10.2 Å². The standard InChI is InChI=1S/C20H14N2O7S2.Mn/c23-17-10-9-12-5-1-2-6-13(12)19(17)22-21-16-11-18(30(24,25)26)14-7-3-4-8-15(14)20(16)31(27,28)29;/h1-11,23H,(H,24,25,26)(H,27,28,29);/q;+2/p-2. The monoisotopic (exact) mass is 511 g/mol. The zero-order chi connectivity index (χ0) is 22.4. The van der Waals surface area contributed by atoms with E-state index in [0.29, 0.717) is 16.8 Å². The van der Waals surface area contributed by atoms with Crippen molar-refractivity contribution in [1.29, 1.82) is 0 Å². The number of hydrogen-bond acceptors (Lipinski definition) is 8. The number of azo groups is 1. The van der Waals surface area contributed by atoms with Crippen molar-refractivity contribution in [1.82, 2.24) is 0 Å². The van der Waals surface area contributed by atoms with E-state index in [4.69, 9.17) is 0 Å². The number of nitrogens with zero attached hydrogens (tertiary/aromatic N) is 2. The van der Waals surface area contributed by atoms with E-state index in [1.165, 1.54) is 30.3 Å². The van der Waals surface area contributed by atoms with Crippen molar-refractivity contribution in [2.24, 2.45) is 10.2 Å². The third kappa shape index (κ3) is 4.37. The molecule has 4 aromatic carbocycles. The molecule has 1 radical (unpaired) electrons. The number of benzene rings is 4. The Morgan fingerprint density at radius 3 is 2.00 bits per heavy atom. The summed E-state index contributed by atoms with van der Waals surface area (Å²) in [6.45, 7) is 0. The second kappa shape index (κ2) is 8.58. The van der Waals surface area contributed by atoms with Crippen molar-refractivity contribution in [3.8, 4) is 5.75 Å². The van der Waals surface area contributed by atoms with E-state index in [1.54, 1.807) is 30.3 Å². The van der Waals surface area contributed by atoms with Crippen LogP contribution in [0.15, 0.2) is 86.7 Å². The Balaban J connectivity index is 0.00000289. The molecule has 4 aromatic rings. The van der Waals surface area contributed by atoms with Gasteiger partial charge in [0.2, 0.25) is 0 Å². The van der Waals surface area contributed by atoms with Gasteiger partial charge in [0.05, 0.1) is 10.6 Å². The van der Waals surface area contributed by atoms with Crippen LogP contribution in [-0.2, 0) is 37.3 Å². The molecule has 0 saturated heterocycles. The molecule has 0 saturated carbocycles. The Kier molecular flexibility index (Phi) is 6.38. The van der Waals surface area contributed by atoms with Gasteiger partial charge in [-0.3, -0.25) is 4.55 Å². The van der Waals surface area contributed by atoms with Crippen molar-refractivity contribution in [3.05, 3.63) is 66.7 Å². The fraction of sp³-hybridized carbons (Fsp3) is 0. The summed E-state index contributed by atoms with van der Waals surface area (Å²) in [4.78, 5) is -1.46. The van der Waals surface area contributed by atoms with Crippen LogP contribution in [0.25, 0.3) is 21.5 Å². The van der Waals surface area contributed by atoms with Crippen LogP contribution in [0.2, 0.25) is 0 Å². The second-order valence-electron chi connectivity index (χ2n) is 6.53. The zero-order valence-electron chi connectivity index (χ0n) is 15.8. The molecule has 0 atom stereocenters. The van der Waals surface area contributed by atoms with Gasteiger partial charge in [-0.25, -0.2) is 8.42 Å². The first kappa shape index (κ1) is 23.8. The molecule has 0 amide bonds. The van der Waals surface area contributed by atoms with Gasteiger partial charge in [-0.05, 0) is 11.5 Å². The van der Waals surface area contributed by atoms with E-state index in [9.17, 15) is 31.0 Å². The summed E-state index contributed by atoms with van der Waals surface area (Å²) in [7, 11) is -9.94. The minimum atomic E-state index is -5.03. The second-order valence-corrected chi connectivity index (χ2v) is 9.24. The molecule has 163 valence electrons. The van der Waals surface area contributed by atoms with Crippen LogP contribution in [0, 0.1) is 0 Å². The van der Waals surface area contributed by atoms with Gasteiger partial charge >= 0.3 is 17.1 Å². The fourth-order valence-electron chi connectivity index (χ4n) is 3.30. The van der Waals surface area contributed by atoms with Gasteiger partial charge < -0.3 is 9.66 Å². The summed E-state index contributed by atoms with van der Waals surface area (Å²) < 4.78 is 69.3. The third-order valence-corrected chi connectivity index (χ3v) is 6.41. The topological polar surface area (TPSA) is 159 Å². The van der Waals surface area contributed by atoms with Crippen molar-refractivity contribution in [3.63, 3.8) is 0 Å². The maximum atomic E-state index is 12.3. The summed E-state index contributed by atoms with van der Waals surface area (Å²) in [5.41, 5.74) is -0.706. The van der Waals surface area contributed by atoms with E-state index >= 15 is 0 Å². The molecule has 0 unspecified atom stereocenters. The van der Waals surface area contributed by atoms with E-state index < -0.39 is 41.5 Å². The zero-order valence-corrected chi connectivity index (χ0v) is 18.6. The number of rotatable bonds is 4. The average molecular weight is 511 g/mol. The molecule has 12 heteroatoms. The van der Waals surface area contributed by atoms with E-state index in [0.717, 1.165) is 0 Å². The molecule has 9 nitrogen and oxygen atoms in total. The Morgan fingerprint density at radius 1 is 0.781 bits per heavy atom. The summed E-state index contributed by atoms with van der Waals surface area (Å²) in [6.07, 6.45) is 0. The minimum absolute atomic E-state index is 0. The first-order valence-corrected chi connectivity index (χ1v) is 11.5. The van der Waals surface area contributed by atoms with Gasteiger partial charge in [0, 0.05) is 16.2 Å². The molecule has 0 heterocycles. The normalized spacial score (nSPS) is 12.3. The van der Waals surface area contributed by atoms with E-state index in [-0.39, 0.29) is 33.5 Å². The summed E-state index contributed by atoms with van der Waals surface area (Å²) in [5, 5.41) is 20.6. The van der Waals surface area contributed by atoms with Crippen LogP contribution < -0.4 is 5.11 Å². The molecule has 0 aliphatic carbocycles. The van der Waals surface area contributed by atoms with Crippen LogP contribution >= 0.6 is 0 Å². The maximum absolute atomic E-state index is 12.3. The fourth-order valence-corrected chi connectivity index (χ4v) is 4.82. The van der Waals surface area contributed by atoms with Gasteiger partial charge in [-0.2, -0.15) is 13.5 Å². The van der Waals surface area contributed by atoms with Crippen molar-refractivity contribution >= 4 is 53.2 Å². The smallest absolute Gasteiger partial charge is 0.871 e. The molecule has 32 heavy (non-hydrogen) atoms. The first-order valence-electron chi connectivity index (χ1n) is 8.67. The molecule has 0 fully saturated rings. The van der Waals surface area contributed by atoms with E-state index in [1.807, 2.05) is 0 Å². The predicted molar refractivity (Wildman–Crippen MR) is 109 cm³/mol.